The molecule has 0 saturated carbocycles. The lowest BCUT2D eigenvalue weighted by Crippen LogP contribution is -2.46. The summed E-state index contributed by atoms with van der Waals surface area (Å²) in [7, 11) is 1.44. The molecule has 1 atom stereocenters. The van der Waals surface area contributed by atoms with Gasteiger partial charge in [-0.25, -0.2) is 4.79 Å². The number of methoxy groups -OCH3 is 1. The first-order valence-electron chi connectivity index (χ1n) is 9.28. The number of hydrogen-bond donors (Lipinski definition) is 4. The summed E-state index contributed by atoms with van der Waals surface area (Å²) in [5.74, 6) is -0.578. The third-order valence-electron chi connectivity index (χ3n) is 4.43. The summed E-state index contributed by atoms with van der Waals surface area (Å²) in [5, 5.41) is 17.1. The van der Waals surface area contributed by atoms with Crippen LogP contribution >= 0.6 is 0 Å². The Balaban J connectivity index is 1.86. The van der Waals surface area contributed by atoms with Gasteiger partial charge in [0, 0.05) is 13.0 Å². The van der Waals surface area contributed by atoms with E-state index in [1.165, 1.54) is 20.1 Å². The molecule has 1 aromatic carbocycles. The van der Waals surface area contributed by atoms with Crippen molar-refractivity contribution in [2.45, 2.75) is 32.0 Å². The SMILES string of the molecule is COc1ccc(C)cc1NC(=O)CNC(=O)NCCC(O)(c1ccc(C)o1)C(F)(F)F. The minimum Gasteiger partial charge on any atom is -0.495 e. The number of alkyl halides is 3. The molecule has 2 aromatic rings. The molecule has 0 radical (unpaired) electrons. The molecule has 0 aliphatic carbocycles. The second-order valence-corrected chi connectivity index (χ2v) is 6.88. The summed E-state index contributed by atoms with van der Waals surface area (Å²) in [6.07, 6.45) is -5.88. The Morgan fingerprint density at radius 2 is 1.84 bits per heavy atom. The molecule has 170 valence electrons. The first-order valence-corrected chi connectivity index (χ1v) is 9.28. The molecule has 0 aliphatic heterocycles. The number of aryl methyl sites for hydroxylation is 2. The predicted molar refractivity (Wildman–Crippen MR) is 106 cm³/mol. The molecule has 31 heavy (non-hydrogen) atoms. The van der Waals surface area contributed by atoms with Gasteiger partial charge in [0.2, 0.25) is 11.5 Å². The van der Waals surface area contributed by atoms with Gasteiger partial charge in [-0.2, -0.15) is 13.2 Å². The van der Waals surface area contributed by atoms with E-state index in [1.807, 2.05) is 6.92 Å². The molecule has 1 aromatic heterocycles. The highest BCUT2D eigenvalue weighted by Crippen LogP contribution is 2.42. The van der Waals surface area contributed by atoms with Crippen molar-refractivity contribution in [3.8, 4) is 5.75 Å². The number of benzene rings is 1. The molecule has 0 bridgehead atoms. The molecule has 3 amide bonds. The maximum atomic E-state index is 13.4. The Hall–Kier alpha value is -3.21. The van der Waals surface area contributed by atoms with Crippen molar-refractivity contribution >= 4 is 17.6 Å². The van der Waals surface area contributed by atoms with Crippen molar-refractivity contribution in [3.63, 3.8) is 0 Å². The standard InChI is InChI=1S/C20H24F3N3O5/c1-12-4-6-15(30-3)14(10-12)26-17(27)11-25-18(28)24-9-8-19(29,20(21,22)23)16-7-5-13(2)31-16/h4-7,10,29H,8-9,11H2,1-3H3,(H,26,27)(H2,24,25,28). The molecule has 0 spiro atoms. The van der Waals surface area contributed by atoms with E-state index < -0.39 is 49.0 Å². The van der Waals surface area contributed by atoms with E-state index in [0.29, 0.717) is 11.4 Å². The van der Waals surface area contributed by atoms with E-state index in [-0.39, 0.29) is 5.76 Å². The lowest BCUT2D eigenvalue weighted by atomic mass is 9.96. The molecule has 11 heteroatoms. The van der Waals surface area contributed by atoms with E-state index in [0.717, 1.165) is 11.6 Å². The van der Waals surface area contributed by atoms with Gasteiger partial charge in [0.1, 0.15) is 17.3 Å². The highest BCUT2D eigenvalue weighted by molar-refractivity contribution is 5.95. The highest BCUT2D eigenvalue weighted by atomic mass is 19.4. The number of anilines is 1. The minimum atomic E-state index is -5.01. The Morgan fingerprint density at radius 3 is 2.42 bits per heavy atom. The molecule has 8 nitrogen and oxygen atoms in total. The number of aliphatic hydroxyl groups is 1. The number of nitrogens with one attached hydrogen (secondary N) is 3. The summed E-state index contributed by atoms with van der Waals surface area (Å²) in [4.78, 5) is 23.9. The number of carbonyl (C=O) groups excluding carboxylic acids is 2. The van der Waals surface area contributed by atoms with Gasteiger partial charge in [0.15, 0.2) is 0 Å². The van der Waals surface area contributed by atoms with Gasteiger partial charge in [-0.05, 0) is 43.7 Å². The van der Waals surface area contributed by atoms with Gasteiger partial charge in [0.25, 0.3) is 0 Å². The molecule has 1 unspecified atom stereocenters. The number of amides is 3. The monoisotopic (exact) mass is 443 g/mol. The third-order valence-corrected chi connectivity index (χ3v) is 4.43. The fourth-order valence-electron chi connectivity index (χ4n) is 2.76. The normalized spacial score (nSPS) is 13.3. The number of hydrogen-bond acceptors (Lipinski definition) is 5. The van der Waals surface area contributed by atoms with E-state index in [2.05, 4.69) is 16.0 Å². The minimum absolute atomic E-state index is 0.208. The van der Waals surface area contributed by atoms with Crippen LogP contribution in [0.4, 0.5) is 23.7 Å². The Labute approximate surface area is 176 Å². The van der Waals surface area contributed by atoms with E-state index in [1.54, 1.807) is 18.2 Å². The van der Waals surface area contributed by atoms with E-state index in [9.17, 15) is 27.9 Å². The van der Waals surface area contributed by atoms with Gasteiger partial charge < -0.3 is 30.2 Å². The van der Waals surface area contributed by atoms with Crippen LogP contribution in [0, 0.1) is 13.8 Å². The number of rotatable bonds is 8. The van der Waals surface area contributed by atoms with Gasteiger partial charge >= 0.3 is 12.2 Å². The van der Waals surface area contributed by atoms with Crippen LogP contribution < -0.4 is 20.7 Å². The van der Waals surface area contributed by atoms with Crippen LogP contribution in [-0.2, 0) is 10.4 Å². The van der Waals surface area contributed by atoms with Crippen molar-refractivity contribution in [2.24, 2.45) is 0 Å². The largest absolute Gasteiger partial charge is 0.495 e. The molecular formula is C20H24F3N3O5. The van der Waals surface area contributed by atoms with Crippen LogP contribution in [-0.4, -0.2) is 43.4 Å². The molecule has 0 fully saturated rings. The van der Waals surface area contributed by atoms with Gasteiger partial charge in [0.05, 0.1) is 19.3 Å². The Kier molecular flexibility index (Phi) is 7.55. The van der Waals surface area contributed by atoms with Gasteiger partial charge in [-0.1, -0.05) is 6.07 Å². The Bertz CT molecular complexity index is 929. The van der Waals surface area contributed by atoms with Crippen molar-refractivity contribution in [1.82, 2.24) is 10.6 Å². The third kappa shape index (κ3) is 6.14. The zero-order valence-electron chi connectivity index (χ0n) is 17.2. The number of ether oxygens (including phenoxy) is 1. The van der Waals surface area contributed by atoms with Crippen LogP contribution in [0.3, 0.4) is 0 Å². The van der Waals surface area contributed by atoms with Crippen molar-refractivity contribution in [1.29, 1.82) is 0 Å². The summed E-state index contributed by atoms with van der Waals surface area (Å²) in [6.45, 7) is 2.33. The maximum Gasteiger partial charge on any atom is 0.424 e. The zero-order valence-corrected chi connectivity index (χ0v) is 17.2. The maximum absolute atomic E-state index is 13.4. The summed E-state index contributed by atoms with van der Waals surface area (Å²) >= 11 is 0. The average molecular weight is 443 g/mol. The van der Waals surface area contributed by atoms with E-state index in [4.69, 9.17) is 9.15 Å². The van der Waals surface area contributed by atoms with Crippen LogP contribution in [0.5, 0.6) is 5.75 Å². The smallest absolute Gasteiger partial charge is 0.424 e. The van der Waals surface area contributed by atoms with Crippen LogP contribution in [0.1, 0.15) is 23.5 Å². The molecule has 4 N–H and O–H groups in total. The zero-order chi connectivity index (χ0) is 23.2. The first kappa shape index (κ1) is 24.1. The van der Waals surface area contributed by atoms with Gasteiger partial charge in [-0.15, -0.1) is 0 Å². The molecule has 0 saturated heterocycles. The molecule has 2 rings (SSSR count). The topological polar surface area (TPSA) is 113 Å². The van der Waals surface area contributed by atoms with Crippen molar-refractivity contribution in [2.75, 3.05) is 25.5 Å². The highest BCUT2D eigenvalue weighted by Gasteiger charge is 2.56. The summed E-state index contributed by atoms with van der Waals surface area (Å²) in [5.41, 5.74) is -1.96. The van der Waals surface area contributed by atoms with Crippen molar-refractivity contribution in [3.05, 3.63) is 47.4 Å². The molecular weight excluding hydrogens is 419 g/mol. The number of urea groups is 1. The van der Waals surface area contributed by atoms with Crippen LogP contribution in [0.2, 0.25) is 0 Å². The fourth-order valence-corrected chi connectivity index (χ4v) is 2.76. The number of halogens is 3. The van der Waals surface area contributed by atoms with Gasteiger partial charge in [-0.3, -0.25) is 4.79 Å². The second-order valence-electron chi connectivity index (χ2n) is 6.88. The quantitative estimate of drug-likeness (QED) is 0.501. The Morgan fingerprint density at radius 1 is 1.13 bits per heavy atom. The summed E-state index contributed by atoms with van der Waals surface area (Å²) < 4.78 is 50.2. The lowest BCUT2D eigenvalue weighted by Gasteiger charge is -2.28. The molecule has 0 aliphatic rings. The van der Waals surface area contributed by atoms with Crippen LogP contribution in [0.15, 0.2) is 34.7 Å². The lowest BCUT2D eigenvalue weighted by molar-refractivity contribution is -0.274. The van der Waals surface area contributed by atoms with Crippen molar-refractivity contribution < 1.29 is 37.0 Å². The summed E-state index contributed by atoms with van der Waals surface area (Å²) in [6, 6.07) is 6.62. The fraction of sp³-hybridized carbons (Fsp3) is 0.400. The number of carbonyl (C=O) groups is 2. The first-order chi connectivity index (χ1) is 14.5. The molecule has 1 heterocycles. The predicted octanol–water partition coefficient (Wildman–Crippen LogP) is 2.98. The van der Waals surface area contributed by atoms with E-state index >= 15 is 0 Å². The average Bonchev–Trinajstić information content (AvgIpc) is 3.12. The number of furan rings is 1. The van der Waals surface area contributed by atoms with Crippen LogP contribution in [0.25, 0.3) is 0 Å². The second kappa shape index (κ2) is 9.73.